The molecule has 30 heavy (non-hydrogen) atoms. The Labute approximate surface area is 188 Å². The predicted octanol–water partition coefficient (Wildman–Crippen LogP) is 5.63. The molecule has 0 radical (unpaired) electrons. The minimum absolute atomic E-state index is 0. The molecule has 0 amide bonds. The van der Waals surface area contributed by atoms with Crippen LogP contribution in [0.15, 0.2) is 72.4 Å². The van der Waals surface area contributed by atoms with Gasteiger partial charge in [0.15, 0.2) is 0 Å². The molecule has 3 aromatic heterocycles. The zero-order chi connectivity index (χ0) is 20.1. The first-order valence-electron chi connectivity index (χ1n) is 9.89. The molecule has 0 N–H and O–H groups in total. The van der Waals surface area contributed by atoms with E-state index in [2.05, 4.69) is 82.3 Å². The first-order valence-corrected chi connectivity index (χ1v) is 10.8. The van der Waals surface area contributed by atoms with Gasteiger partial charge >= 0.3 is 0 Å². The van der Waals surface area contributed by atoms with E-state index in [9.17, 15) is 0 Å². The third-order valence-electron chi connectivity index (χ3n) is 5.18. The molecule has 0 fully saturated rings. The lowest BCUT2D eigenvalue weighted by molar-refractivity contribution is 0.248. The zero-order valence-corrected chi connectivity index (χ0v) is 19.0. The second-order valence-corrected chi connectivity index (χ2v) is 8.41. The molecular formula is C24H27ClN4S. The minimum Gasteiger partial charge on any atom is -0.290 e. The van der Waals surface area contributed by atoms with Gasteiger partial charge in [-0.1, -0.05) is 42.5 Å². The highest BCUT2D eigenvalue weighted by Gasteiger charge is 2.17. The summed E-state index contributed by atoms with van der Waals surface area (Å²) in [7, 11) is 0. The number of nitrogens with zero attached hydrogens (tertiary/aromatic N) is 4. The van der Waals surface area contributed by atoms with E-state index < -0.39 is 0 Å². The van der Waals surface area contributed by atoms with Crippen molar-refractivity contribution in [2.45, 2.75) is 40.0 Å². The molecule has 6 heteroatoms. The van der Waals surface area contributed by atoms with Crippen LogP contribution in [0.4, 0.5) is 0 Å². The smallest absolute Gasteiger partial charge is 0.0662 e. The Kier molecular flexibility index (Phi) is 7.80. The molecule has 0 saturated heterocycles. The molecule has 0 aliphatic rings. The van der Waals surface area contributed by atoms with E-state index in [4.69, 9.17) is 5.10 Å². The van der Waals surface area contributed by atoms with E-state index in [1.807, 2.05) is 29.8 Å². The fourth-order valence-corrected chi connectivity index (χ4v) is 4.38. The number of hydrogen-bond donors (Lipinski definition) is 0. The molecule has 4 nitrogen and oxygen atoms in total. The molecule has 0 aliphatic carbocycles. The highest BCUT2D eigenvalue weighted by molar-refractivity contribution is 7.09. The molecule has 0 aliphatic heterocycles. The van der Waals surface area contributed by atoms with Gasteiger partial charge < -0.3 is 0 Å². The molecule has 4 rings (SSSR count). The van der Waals surface area contributed by atoms with Crippen molar-refractivity contribution < 1.29 is 0 Å². The van der Waals surface area contributed by atoms with Crippen molar-refractivity contribution in [2.24, 2.45) is 0 Å². The van der Waals surface area contributed by atoms with E-state index in [0.717, 1.165) is 31.9 Å². The van der Waals surface area contributed by atoms with Crippen molar-refractivity contribution in [3.63, 3.8) is 0 Å². The number of thiophene rings is 1. The van der Waals surface area contributed by atoms with Crippen molar-refractivity contribution in [2.75, 3.05) is 0 Å². The Bertz CT molecular complexity index is 1030. The van der Waals surface area contributed by atoms with Crippen LogP contribution in [0.5, 0.6) is 0 Å². The van der Waals surface area contributed by atoms with Crippen molar-refractivity contribution >= 4 is 23.7 Å². The number of rotatable bonds is 8. The highest BCUT2D eigenvalue weighted by Crippen LogP contribution is 2.21. The number of benzene rings is 1. The summed E-state index contributed by atoms with van der Waals surface area (Å²) in [5.41, 5.74) is 6.18. The van der Waals surface area contributed by atoms with E-state index in [0.29, 0.717) is 0 Å². The van der Waals surface area contributed by atoms with E-state index in [1.165, 1.54) is 27.3 Å². The molecule has 156 valence electrons. The van der Waals surface area contributed by atoms with Crippen molar-refractivity contribution in [1.82, 2.24) is 19.7 Å². The van der Waals surface area contributed by atoms with Crippen molar-refractivity contribution in [1.29, 1.82) is 0 Å². The van der Waals surface area contributed by atoms with Gasteiger partial charge in [-0.25, -0.2) is 0 Å². The van der Waals surface area contributed by atoms with Crippen LogP contribution >= 0.6 is 23.7 Å². The quantitative estimate of drug-likeness (QED) is 0.357. The molecule has 0 saturated carbocycles. The molecule has 0 bridgehead atoms. The molecule has 0 atom stereocenters. The van der Waals surface area contributed by atoms with Gasteiger partial charge in [0.25, 0.3) is 0 Å². The number of pyridine rings is 1. The Balaban J connectivity index is 0.00000256. The van der Waals surface area contributed by atoms with E-state index in [1.54, 1.807) is 0 Å². The number of hydrogen-bond acceptors (Lipinski definition) is 4. The monoisotopic (exact) mass is 438 g/mol. The first kappa shape index (κ1) is 22.2. The average Bonchev–Trinajstić information content (AvgIpc) is 3.33. The largest absolute Gasteiger partial charge is 0.290 e. The topological polar surface area (TPSA) is 34.0 Å². The normalized spacial score (nSPS) is 10.9. The Hall–Kier alpha value is -2.47. The number of aromatic nitrogens is 3. The van der Waals surface area contributed by atoms with E-state index >= 15 is 0 Å². The van der Waals surface area contributed by atoms with Gasteiger partial charge in [0.05, 0.1) is 12.2 Å². The zero-order valence-electron chi connectivity index (χ0n) is 17.4. The summed E-state index contributed by atoms with van der Waals surface area (Å²) in [6, 6.07) is 19.0. The van der Waals surface area contributed by atoms with Gasteiger partial charge in [0.1, 0.15) is 0 Å². The Morgan fingerprint density at radius 1 is 0.900 bits per heavy atom. The lowest BCUT2D eigenvalue weighted by Crippen LogP contribution is -2.22. The fourth-order valence-electron chi connectivity index (χ4n) is 3.64. The van der Waals surface area contributed by atoms with Crippen LogP contribution in [0.3, 0.4) is 0 Å². The third kappa shape index (κ3) is 5.57. The molecule has 0 unspecified atom stereocenters. The number of halogens is 1. The third-order valence-corrected chi connectivity index (χ3v) is 6.04. The van der Waals surface area contributed by atoms with Crippen LogP contribution in [0.1, 0.15) is 33.0 Å². The average molecular weight is 439 g/mol. The van der Waals surface area contributed by atoms with Crippen LogP contribution < -0.4 is 0 Å². The van der Waals surface area contributed by atoms with Crippen LogP contribution in [0.2, 0.25) is 0 Å². The summed E-state index contributed by atoms with van der Waals surface area (Å²) in [5.74, 6) is 0. The van der Waals surface area contributed by atoms with Crippen LogP contribution in [0, 0.1) is 13.8 Å². The Morgan fingerprint density at radius 3 is 2.40 bits per heavy atom. The van der Waals surface area contributed by atoms with Gasteiger partial charge in [-0.15, -0.1) is 23.7 Å². The summed E-state index contributed by atoms with van der Waals surface area (Å²) < 4.78 is 2.13. The van der Waals surface area contributed by atoms with Crippen LogP contribution in [0.25, 0.3) is 0 Å². The summed E-state index contributed by atoms with van der Waals surface area (Å²) >= 11 is 1.81. The SMILES string of the molecule is Cc1nn(Cc2ccccc2)c(C)c1CN(Cc1cccnc1)Cc1cccs1.Cl. The molecule has 4 aromatic rings. The van der Waals surface area contributed by atoms with Gasteiger partial charge in [-0.2, -0.15) is 5.10 Å². The van der Waals surface area contributed by atoms with Crippen LogP contribution in [-0.2, 0) is 26.2 Å². The van der Waals surface area contributed by atoms with Crippen molar-refractivity contribution in [3.05, 3.63) is 105 Å². The maximum atomic E-state index is 4.84. The van der Waals surface area contributed by atoms with Crippen LogP contribution in [-0.4, -0.2) is 19.7 Å². The summed E-state index contributed by atoms with van der Waals surface area (Å²) in [6.07, 6.45) is 3.79. The van der Waals surface area contributed by atoms with Gasteiger partial charge in [-0.3, -0.25) is 14.6 Å². The Morgan fingerprint density at radius 2 is 1.70 bits per heavy atom. The summed E-state index contributed by atoms with van der Waals surface area (Å²) in [6.45, 7) is 7.78. The minimum atomic E-state index is 0. The first-order chi connectivity index (χ1) is 14.2. The lowest BCUT2D eigenvalue weighted by Gasteiger charge is -2.22. The highest BCUT2D eigenvalue weighted by atomic mass is 35.5. The maximum absolute atomic E-state index is 4.84. The summed E-state index contributed by atoms with van der Waals surface area (Å²) in [4.78, 5) is 8.14. The fraction of sp³-hybridized carbons (Fsp3) is 0.250. The second kappa shape index (κ2) is 10.5. The summed E-state index contributed by atoms with van der Waals surface area (Å²) in [5, 5.41) is 6.99. The van der Waals surface area contributed by atoms with E-state index in [-0.39, 0.29) is 12.4 Å². The molecule has 3 heterocycles. The lowest BCUT2D eigenvalue weighted by atomic mass is 10.1. The predicted molar refractivity (Wildman–Crippen MR) is 126 cm³/mol. The molecular weight excluding hydrogens is 412 g/mol. The standard InChI is InChI=1S/C24H26N4S.ClH/c1-19-24(20(2)28(26-19)16-21-8-4-3-5-9-21)18-27(17-23-11-7-13-29-23)15-22-10-6-12-25-14-22;/h3-14H,15-18H2,1-2H3;1H. The van der Waals surface area contributed by atoms with Crippen molar-refractivity contribution in [3.8, 4) is 0 Å². The second-order valence-electron chi connectivity index (χ2n) is 7.38. The van der Waals surface area contributed by atoms with Gasteiger partial charge in [-0.05, 0) is 42.5 Å². The number of aryl methyl sites for hydroxylation is 1. The van der Waals surface area contributed by atoms with Gasteiger partial charge in [0.2, 0.25) is 0 Å². The molecule has 0 spiro atoms. The molecule has 1 aromatic carbocycles. The van der Waals surface area contributed by atoms with Gasteiger partial charge in [0, 0.05) is 48.2 Å². The maximum Gasteiger partial charge on any atom is 0.0662 e.